The molecule has 0 bridgehead atoms. The lowest BCUT2D eigenvalue weighted by Gasteiger charge is -2.19. The van der Waals surface area contributed by atoms with Gasteiger partial charge in [0.05, 0.1) is 11.7 Å². The van der Waals surface area contributed by atoms with Gasteiger partial charge in [0.2, 0.25) is 11.8 Å². The van der Waals surface area contributed by atoms with Crippen LogP contribution in [0.4, 0.5) is 0 Å². The number of nitrogens with one attached hydrogen (secondary N) is 2. The summed E-state index contributed by atoms with van der Waals surface area (Å²) in [6, 6.07) is -1.05. The van der Waals surface area contributed by atoms with Crippen LogP contribution < -0.4 is 10.6 Å². The molecule has 1 aromatic heterocycles. The summed E-state index contributed by atoms with van der Waals surface area (Å²) in [5.41, 5.74) is 0.436. The standard InChI is InChI=1S/C16H23N3O4S/c1-8-12(16(22)23)24-15(19-8)10(3)18-13(20)9(2)17-14(21)11-6-4-5-7-11/h9-11H,4-7H2,1-3H3,(H,17,21)(H,18,20)(H,22,23). The third-order valence-electron chi connectivity index (χ3n) is 4.21. The van der Waals surface area contributed by atoms with Crippen LogP contribution in [0.5, 0.6) is 0 Å². The minimum atomic E-state index is -1.02. The van der Waals surface area contributed by atoms with Gasteiger partial charge in [-0.2, -0.15) is 0 Å². The number of rotatable bonds is 6. The summed E-state index contributed by atoms with van der Waals surface area (Å²) >= 11 is 1.05. The zero-order valence-corrected chi connectivity index (χ0v) is 14.9. The Morgan fingerprint density at radius 1 is 1.21 bits per heavy atom. The number of amides is 2. The molecule has 2 rings (SSSR count). The second kappa shape index (κ2) is 7.74. The van der Waals surface area contributed by atoms with Crippen molar-refractivity contribution < 1.29 is 19.5 Å². The molecule has 0 radical (unpaired) electrons. The van der Waals surface area contributed by atoms with Crippen molar-refractivity contribution in [3.05, 3.63) is 15.6 Å². The number of carboxylic acids is 1. The highest BCUT2D eigenvalue weighted by atomic mass is 32.1. The number of aryl methyl sites for hydroxylation is 1. The zero-order chi connectivity index (χ0) is 17.9. The summed E-state index contributed by atoms with van der Waals surface area (Å²) < 4.78 is 0. The van der Waals surface area contributed by atoms with Crippen molar-refractivity contribution in [3.8, 4) is 0 Å². The second-order valence-electron chi connectivity index (χ2n) is 6.21. The van der Waals surface area contributed by atoms with E-state index in [1.165, 1.54) is 0 Å². The Balaban J connectivity index is 1.91. The predicted octanol–water partition coefficient (Wildman–Crippen LogP) is 2.02. The number of hydrogen-bond acceptors (Lipinski definition) is 5. The number of aromatic carboxylic acids is 1. The van der Waals surface area contributed by atoms with Crippen LogP contribution >= 0.6 is 11.3 Å². The summed E-state index contributed by atoms with van der Waals surface area (Å²) in [4.78, 5) is 39.8. The molecule has 8 heteroatoms. The predicted molar refractivity (Wildman–Crippen MR) is 89.9 cm³/mol. The molecule has 2 unspecified atom stereocenters. The number of nitrogens with zero attached hydrogens (tertiary/aromatic N) is 1. The Bertz CT molecular complexity index is 637. The summed E-state index contributed by atoms with van der Waals surface area (Å²) in [5, 5.41) is 15.1. The molecule has 7 nitrogen and oxygen atoms in total. The van der Waals surface area contributed by atoms with Crippen molar-refractivity contribution in [3.63, 3.8) is 0 Å². The first-order chi connectivity index (χ1) is 11.3. The molecule has 2 atom stereocenters. The number of carboxylic acid groups (broad SMARTS) is 1. The maximum absolute atomic E-state index is 12.2. The van der Waals surface area contributed by atoms with Crippen LogP contribution in [0.3, 0.4) is 0 Å². The normalized spacial score (nSPS) is 17.3. The van der Waals surface area contributed by atoms with E-state index in [1.54, 1.807) is 20.8 Å². The van der Waals surface area contributed by atoms with Gasteiger partial charge in [-0.25, -0.2) is 9.78 Å². The van der Waals surface area contributed by atoms with Crippen LogP contribution in [0, 0.1) is 12.8 Å². The highest BCUT2D eigenvalue weighted by molar-refractivity contribution is 7.13. The highest BCUT2D eigenvalue weighted by Gasteiger charge is 2.26. The quantitative estimate of drug-likeness (QED) is 0.725. The van der Waals surface area contributed by atoms with Gasteiger partial charge in [-0.3, -0.25) is 9.59 Å². The number of carbonyl (C=O) groups is 3. The number of thiazole rings is 1. The number of aromatic nitrogens is 1. The first-order valence-electron chi connectivity index (χ1n) is 8.11. The molecule has 3 N–H and O–H groups in total. The van der Waals surface area contributed by atoms with Gasteiger partial charge in [0.15, 0.2) is 0 Å². The van der Waals surface area contributed by atoms with Crippen molar-refractivity contribution >= 4 is 29.1 Å². The Kier molecular flexibility index (Phi) is 5.93. The maximum Gasteiger partial charge on any atom is 0.347 e. The molecule has 1 saturated carbocycles. The molecule has 1 aliphatic rings. The van der Waals surface area contributed by atoms with Crippen LogP contribution in [-0.4, -0.2) is 33.9 Å². The van der Waals surface area contributed by atoms with Gasteiger partial charge in [0.25, 0.3) is 0 Å². The lowest BCUT2D eigenvalue weighted by Crippen LogP contribution is -2.47. The van der Waals surface area contributed by atoms with E-state index >= 15 is 0 Å². The van der Waals surface area contributed by atoms with E-state index in [9.17, 15) is 14.4 Å². The molecule has 0 aromatic carbocycles. The van der Waals surface area contributed by atoms with Crippen molar-refractivity contribution in [2.75, 3.05) is 0 Å². The summed E-state index contributed by atoms with van der Waals surface area (Å²) in [6.07, 6.45) is 3.88. The van der Waals surface area contributed by atoms with Crippen LogP contribution in [0.2, 0.25) is 0 Å². The minimum absolute atomic E-state index is 0.0115. The van der Waals surface area contributed by atoms with Gasteiger partial charge in [-0.1, -0.05) is 12.8 Å². The lowest BCUT2D eigenvalue weighted by atomic mass is 10.1. The van der Waals surface area contributed by atoms with Crippen LogP contribution in [0.1, 0.15) is 65.9 Å². The largest absolute Gasteiger partial charge is 0.477 e. The molecular formula is C16H23N3O4S. The molecule has 0 saturated heterocycles. The lowest BCUT2D eigenvalue weighted by molar-refractivity contribution is -0.131. The van der Waals surface area contributed by atoms with E-state index in [0.717, 1.165) is 37.0 Å². The first-order valence-corrected chi connectivity index (χ1v) is 8.92. The smallest absolute Gasteiger partial charge is 0.347 e. The van der Waals surface area contributed by atoms with Gasteiger partial charge in [0, 0.05) is 5.92 Å². The fraction of sp³-hybridized carbons (Fsp3) is 0.625. The van der Waals surface area contributed by atoms with Gasteiger partial charge in [-0.05, 0) is 33.6 Å². The summed E-state index contributed by atoms with van der Waals surface area (Å²) in [6.45, 7) is 5.01. The van der Waals surface area contributed by atoms with Crippen molar-refractivity contribution in [2.45, 2.75) is 58.5 Å². The number of hydrogen-bond donors (Lipinski definition) is 3. The van der Waals surface area contributed by atoms with E-state index in [-0.39, 0.29) is 22.6 Å². The van der Waals surface area contributed by atoms with Gasteiger partial charge >= 0.3 is 5.97 Å². The molecule has 1 aliphatic carbocycles. The molecule has 2 amide bonds. The van der Waals surface area contributed by atoms with Gasteiger partial charge in [-0.15, -0.1) is 11.3 Å². The molecular weight excluding hydrogens is 330 g/mol. The Morgan fingerprint density at radius 2 is 1.83 bits per heavy atom. The van der Waals surface area contributed by atoms with E-state index in [2.05, 4.69) is 15.6 Å². The molecule has 1 heterocycles. The van der Waals surface area contributed by atoms with Crippen molar-refractivity contribution in [1.82, 2.24) is 15.6 Å². The molecule has 1 fully saturated rings. The molecule has 0 aliphatic heterocycles. The molecule has 1 aromatic rings. The summed E-state index contributed by atoms with van der Waals surface area (Å²) in [5.74, 6) is -1.39. The molecule has 132 valence electrons. The topological polar surface area (TPSA) is 108 Å². The fourth-order valence-electron chi connectivity index (χ4n) is 2.79. The highest BCUT2D eigenvalue weighted by Crippen LogP contribution is 2.25. The Morgan fingerprint density at radius 3 is 2.38 bits per heavy atom. The van der Waals surface area contributed by atoms with Crippen LogP contribution in [-0.2, 0) is 9.59 Å². The molecule has 24 heavy (non-hydrogen) atoms. The second-order valence-corrected chi connectivity index (χ2v) is 7.24. The van der Waals surface area contributed by atoms with Gasteiger partial charge in [0.1, 0.15) is 15.9 Å². The Hall–Kier alpha value is -1.96. The molecule has 0 spiro atoms. The minimum Gasteiger partial charge on any atom is -0.477 e. The summed E-state index contributed by atoms with van der Waals surface area (Å²) in [7, 11) is 0. The van der Waals surface area contributed by atoms with Gasteiger partial charge < -0.3 is 15.7 Å². The SMILES string of the molecule is Cc1nc(C(C)NC(=O)C(C)NC(=O)C2CCCC2)sc1C(=O)O. The first kappa shape index (κ1) is 18.4. The van der Waals surface area contributed by atoms with Crippen LogP contribution in [0.15, 0.2) is 0 Å². The van der Waals surface area contributed by atoms with E-state index in [0.29, 0.717) is 10.7 Å². The van der Waals surface area contributed by atoms with Crippen LogP contribution in [0.25, 0.3) is 0 Å². The Labute approximate surface area is 144 Å². The average molecular weight is 353 g/mol. The van der Waals surface area contributed by atoms with E-state index in [4.69, 9.17) is 5.11 Å². The number of carbonyl (C=O) groups excluding carboxylic acids is 2. The monoisotopic (exact) mass is 353 g/mol. The van der Waals surface area contributed by atoms with E-state index in [1.807, 2.05) is 0 Å². The average Bonchev–Trinajstić information content (AvgIpc) is 3.16. The van der Waals surface area contributed by atoms with E-state index < -0.39 is 18.1 Å². The third-order valence-corrected chi connectivity index (χ3v) is 5.54. The van der Waals surface area contributed by atoms with Crippen molar-refractivity contribution in [1.29, 1.82) is 0 Å². The maximum atomic E-state index is 12.2. The van der Waals surface area contributed by atoms with Crippen molar-refractivity contribution in [2.24, 2.45) is 5.92 Å². The third kappa shape index (κ3) is 4.31. The zero-order valence-electron chi connectivity index (χ0n) is 14.1. The fourth-order valence-corrected chi connectivity index (χ4v) is 3.69.